The smallest absolute Gasteiger partial charge is 0.160 e. The molecule has 2 nitrogen and oxygen atoms in total. The van der Waals surface area contributed by atoms with Crippen molar-refractivity contribution in [1.82, 2.24) is 9.97 Å². The summed E-state index contributed by atoms with van der Waals surface area (Å²) in [5.41, 5.74) is 16.6. The molecule has 254 valence electrons. The largest absolute Gasteiger partial charge is 0.228 e. The molecular formula is C53H32N2. The maximum absolute atomic E-state index is 5.31. The standard InChI is InChI=1S/C53H32N2/c1-2-12-33(13-3-1)34-22-24-36(25-23-34)51-43-18-8-11-21-49(43)54-52(55-51)38-27-26-37-31-44-48(32-39(37)30-38)53(47-29-28-35-14-4-5-15-40(35)50(44)47)45-19-9-6-16-41(45)42-17-7-10-20-46(42)53/h1-32H. The number of hydrogen-bond donors (Lipinski definition) is 0. The molecule has 0 aliphatic heterocycles. The predicted molar refractivity (Wildman–Crippen MR) is 227 cm³/mol. The highest BCUT2D eigenvalue weighted by Crippen LogP contribution is 2.64. The molecule has 2 heteroatoms. The van der Waals surface area contributed by atoms with Crippen molar-refractivity contribution in [3.63, 3.8) is 0 Å². The SMILES string of the molecule is c1ccc(-c2ccc(-c3nc(-c4ccc5cc6c(cc5c4)C4(c5ccccc5-c5ccccc54)c4ccc5ccccc5c4-6)nc4ccccc34)cc2)cc1. The van der Waals surface area contributed by atoms with Gasteiger partial charge in [0.15, 0.2) is 5.82 Å². The van der Waals surface area contributed by atoms with E-state index in [1.165, 1.54) is 77.2 Å². The van der Waals surface area contributed by atoms with Crippen molar-refractivity contribution in [1.29, 1.82) is 0 Å². The first-order chi connectivity index (χ1) is 27.3. The average Bonchev–Trinajstić information content (AvgIpc) is 3.72. The highest BCUT2D eigenvalue weighted by Gasteiger charge is 2.52. The van der Waals surface area contributed by atoms with Gasteiger partial charge in [-0.25, -0.2) is 9.97 Å². The minimum Gasteiger partial charge on any atom is -0.228 e. The van der Waals surface area contributed by atoms with Crippen LogP contribution in [0.4, 0.5) is 0 Å². The maximum Gasteiger partial charge on any atom is 0.160 e. The first-order valence-electron chi connectivity index (χ1n) is 19.0. The highest BCUT2D eigenvalue weighted by molar-refractivity contribution is 6.09. The molecule has 1 spiro atoms. The number of aromatic nitrogens is 2. The molecule has 0 unspecified atom stereocenters. The van der Waals surface area contributed by atoms with E-state index in [0.29, 0.717) is 0 Å². The minimum atomic E-state index is -0.426. The second-order valence-corrected chi connectivity index (χ2v) is 14.9. The van der Waals surface area contributed by atoms with Gasteiger partial charge in [0.1, 0.15) is 0 Å². The topological polar surface area (TPSA) is 25.8 Å². The Labute approximate surface area is 319 Å². The number of rotatable bonds is 3. The molecule has 0 fully saturated rings. The lowest BCUT2D eigenvalue weighted by molar-refractivity contribution is 0.795. The van der Waals surface area contributed by atoms with Crippen LogP contribution in [-0.4, -0.2) is 9.97 Å². The normalized spacial score (nSPS) is 13.2. The molecule has 0 saturated heterocycles. The van der Waals surface area contributed by atoms with Crippen molar-refractivity contribution in [2.75, 3.05) is 0 Å². The molecule has 55 heavy (non-hydrogen) atoms. The van der Waals surface area contributed by atoms with E-state index in [9.17, 15) is 0 Å². The second kappa shape index (κ2) is 11.4. The molecule has 1 aromatic heterocycles. The third-order valence-electron chi connectivity index (χ3n) is 12.1. The van der Waals surface area contributed by atoms with Crippen LogP contribution in [0.25, 0.3) is 88.5 Å². The van der Waals surface area contributed by atoms with Gasteiger partial charge in [-0.05, 0) is 101 Å². The number of benzene rings is 9. The van der Waals surface area contributed by atoms with Crippen molar-refractivity contribution < 1.29 is 0 Å². The summed E-state index contributed by atoms with van der Waals surface area (Å²) in [6.07, 6.45) is 0. The van der Waals surface area contributed by atoms with Crippen LogP contribution in [0, 0.1) is 0 Å². The van der Waals surface area contributed by atoms with E-state index in [0.717, 1.165) is 33.5 Å². The van der Waals surface area contributed by atoms with Crippen LogP contribution in [-0.2, 0) is 5.41 Å². The van der Waals surface area contributed by atoms with Crippen molar-refractivity contribution in [2.45, 2.75) is 5.41 Å². The molecule has 2 aliphatic rings. The van der Waals surface area contributed by atoms with Gasteiger partial charge in [-0.15, -0.1) is 0 Å². The van der Waals surface area contributed by atoms with Crippen molar-refractivity contribution in [2.24, 2.45) is 0 Å². The molecule has 12 rings (SSSR count). The van der Waals surface area contributed by atoms with E-state index in [1.807, 2.05) is 0 Å². The summed E-state index contributed by atoms with van der Waals surface area (Å²) in [6.45, 7) is 0. The predicted octanol–water partition coefficient (Wildman–Crippen LogP) is 13.3. The van der Waals surface area contributed by atoms with Crippen LogP contribution in [0.3, 0.4) is 0 Å². The molecule has 2 aliphatic carbocycles. The van der Waals surface area contributed by atoms with Crippen LogP contribution < -0.4 is 0 Å². The molecule has 0 amide bonds. The average molecular weight is 697 g/mol. The Kier molecular flexibility index (Phi) is 6.29. The summed E-state index contributed by atoms with van der Waals surface area (Å²) in [5.74, 6) is 0.726. The third kappa shape index (κ3) is 4.25. The first kappa shape index (κ1) is 30.3. The maximum atomic E-state index is 5.31. The van der Waals surface area contributed by atoms with E-state index < -0.39 is 5.41 Å². The van der Waals surface area contributed by atoms with Gasteiger partial charge in [0, 0.05) is 16.5 Å². The fourth-order valence-corrected chi connectivity index (χ4v) is 9.67. The zero-order valence-electron chi connectivity index (χ0n) is 29.9. The fourth-order valence-electron chi connectivity index (χ4n) is 9.67. The Balaban J connectivity index is 1.08. The molecule has 10 aromatic rings. The summed E-state index contributed by atoms with van der Waals surface area (Å²) >= 11 is 0. The molecule has 0 atom stereocenters. The van der Waals surface area contributed by atoms with Crippen molar-refractivity contribution >= 4 is 32.4 Å². The lowest BCUT2D eigenvalue weighted by atomic mass is 9.70. The summed E-state index contributed by atoms with van der Waals surface area (Å²) in [7, 11) is 0. The third-order valence-corrected chi connectivity index (χ3v) is 12.1. The highest BCUT2D eigenvalue weighted by atomic mass is 14.9. The Hall–Kier alpha value is -7.16. The summed E-state index contributed by atoms with van der Waals surface area (Å²) in [5, 5.41) is 5.99. The molecular weight excluding hydrogens is 665 g/mol. The Bertz CT molecular complexity index is 3150. The monoisotopic (exact) mass is 696 g/mol. The lowest BCUT2D eigenvalue weighted by Gasteiger charge is -2.30. The van der Waals surface area contributed by atoms with E-state index in [1.54, 1.807) is 0 Å². The number of hydrogen-bond acceptors (Lipinski definition) is 2. The molecule has 9 aromatic carbocycles. The van der Waals surface area contributed by atoms with Crippen molar-refractivity contribution in [3.05, 3.63) is 216 Å². The first-order valence-corrected chi connectivity index (χ1v) is 19.0. The molecule has 0 saturated carbocycles. The second-order valence-electron chi connectivity index (χ2n) is 14.9. The molecule has 0 bridgehead atoms. The van der Waals surface area contributed by atoms with E-state index in [2.05, 4.69) is 194 Å². The van der Waals surface area contributed by atoms with Gasteiger partial charge in [0.25, 0.3) is 0 Å². The van der Waals surface area contributed by atoms with E-state index >= 15 is 0 Å². The zero-order chi connectivity index (χ0) is 36.1. The van der Waals surface area contributed by atoms with Gasteiger partial charge in [-0.3, -0.25) is 0 Å². The Morgan fingerprint density at radius 3 is 1.75 bits per heavy atom. The van der Waals surface area contributed by atoms with Gasteiger partial charge < -0.3 is 0 Å². The van der Waals surface area contributed by atoms with Gasteiger partial charge in [-0.1, -0.05) is 170 Å². The summed E-state index contributed by atoms with van der Waals surface area (Å²) < 4.78 is 0. The molecule has 1 heterocycles. The zero-order valence-corrected chi connectivity index (χ0v) is 29.9. The number of fused-ring (bicyclic) bond motifs is 14. The molecule has 0 N–H and O–H groups in total. The van der Waals surface area contributed by atoms with Crippen molar-refractivity contribution in [3.8, 4) is 56.0 Å². The minimum absolute atomic E-state index is 0.426. The number of nitrogens with zero attached hydrogens (tertiary/aromatic N) is 2. The van der Waals surface area contributed by atoms with Gasteiger partial charge in [0.05, 0.1) is 16.6 Å². The Morgan fingerprint density at radius 1 is 0.327 bits per heavy atom. The summed E-state index contributed by atoms with van der Waals surface area (Å²) in [6, 6.07) is 70.8. The van der Waals surface area contributed by atoms with E-state index in [4.69, 9.17) is 9.97 Å². The van der Waals surface area contributed by atoms with Crippen LogP contribution >= 0.6 is 0 Å². The summed E-state index contributed by atoms with van der Waals surface area (Å²) in [4.78, 5) is 10.5. The van der Waals surface area contributed by atoms with E-state index in [-0.39, 0.29) is 0 Å². The van der Waals surface area contributed by atoms with Crippen LogP contribution in [0.2, 0.25) is 0 Å². The van der Waals surface area contributed by atoms with Gasteiger partial charge >= 0.3 is 0 Å². The van der Waals surface area contributed by atoms with Gasteiger partial charge in [0.2, 0.25) is 0 Å². The molecule has 0 radical (unpaired) electrons. The van der Waals surface area contributed by atoms with Crippen LogP contribution in [0.15, 0.2) is 194 Å². The number of para-hydroxylation sites is 1. The fraction of sp³-hybridized carbons (Fsp3) is 0.0189. The van der Waals surface area contributed by atoms with Gasteiger partial charge in [-0.2, -0.15) is 0 Å². The lowest BCUT2D eigenvalue weighted by Crippen LogP contribution is -2.25. The van der Waals surface area contributed by atoms with Crippen LogP contribution in [0.5, 0.6) is 0 Å². The quantitative estimate of drug-likeness (QED) is 0.184. The Morgan fingerprint density at radius 2 is 0.945 bits per heavy atom. The van der Waals surface area contributed by atoms with Crippen LogP contribution in [0.1, 0.15) is 22.3 Å².